The van der Waals surface area contributed by atoms with E-state index in [-0.39, 0.29) is 30.5 Å². The molecule has 170 valence electrons. The number of pyridine rings is 1. The second-order valence-corrected chi connectivity index (χ2v) is 8.96. The van der Waals surface area contributed by atoms with Crippen molar-refractivity contribution in [1.29, 1.82) is 0 Å². The largest absolute Gasteiger partial charge is 0.463 e. The van der Waals surface area contributed by atoms with Gasteiger partial charge in [0.1, 0.15) is 6.10 Å². The van der Waals surface area contributed by atoms with Gasteiger partial charge in [0.2, 0.25) is 0 Å². The third-order valence-corrected chi connectivity index (χ3v) is 5.60. The Bertz CT molecular complexity index is 785. The first-order valence-electron chi connectivity index (χ1n) is 11.2. The molecule has 1 heterocycles. The van der Waals surface area contributed by atoms with Crippen LogP contribution in [0.3, 0.4) is 0 Å². The van der Waals surface area contributed by atoms with Crippen LogP contribution >= 0.6 is 12.0 Å². The van der Waals surface area contributed by atoms with E-state index in [4.69, 9.17) is 19.6 Å². The maximum Gasteiger partial charge on any atom is 0.306 e. The Morgan fingerprint density at radius 2 is 1.84 bits per heavy atom. The van der Waals surface area contributed by atoms with Gasteiger partial charge in [0.05, 0.1) is 23.9 Å². The number of hydrogen-bond acceptors (Lipinski definition) is 6. The molecule has 0 aliphatic carbocycles. The zero-order chi connectivity index (χ0) is 22.6. The molecule has 0 aliphatic heterocycles. The lowest BCUT2D eigenvalue weighted by Crippen LogP contribution is -2.37. The first-order chi connectivity index (χ1) is 15.0. The number of ether oxygens (including phenoxy) is 1. The van der Waals surface area contributed by atoms with Crippen molar-refractivity contribution in [3.05, 3.63) is 54.2 Å². The van der Waals surface area contributed by atoms with E-state index in [0.29, 0.717) is 0 Å². The van der Waals surface area contributed by atoms with Gasteiger partial charge in [-0.2, -0.15) is 0 Å². The Hall–Kier alpha value is -1.89. The first-order valence-corrected chi connectivity index (χ1v) is 12.1. The molecule has 3 atom stereocenters. The molecule has 0 amide bonds. The highest BCUT2D eigenvalue weighted by molar-refractivity contribution is 7.94. The number of nitrogens with two attached hydrogens (primary N) is 1. The monoisotopic (exact) mass is 444 g/mol. The summed E-state index contributed by atoms with van der Waals surface area (Å²) in [5.74, 6) is 0.319. The highest BCUT2D eigenvalue weighted by Crippen LogP contribution is 2.35. The van der Waals surface area contributed by atoms with Gasteiger partial charge >= 0.3 is 5.97 Å². The average molecular weight is 445 g/mol. The highest BCUT2D eigenvalue weighted by Gasteiger charge is 2.33. The predicted octanol–water partition coefficient (Wildman–Crippen LogP) is 5.95. The number of benzene rings is 1. The van der Waals surface area contributed by atoms with Gasteiger partial charge in [0.15, 0.2) is 0 Å². The molecule has 0 aliphatic rings. The van der Waals surface area contributed by atoms with Crippen molar-refractivity contribution in [2.75, 3.05) is 5.75 Å². The quantitative estimate of drug-likeness (QED) is 0.304. The third kappa shape index (κ3) is 8.28. The minimum atomic E-state index is -0.403. The van der Waals surface area contributed by atoms with Gasteiger partial charge in [-0.25, -0.2) is 0 Å². The number of rotatable bonds is 13. The molecule has 3 unspecified atom stereocenters. The molecular weight excluding hydrogens is 408 g/mol. The minimum absolute atomic E-state index is 0.163. The topological polar surface area (TPSA) is 74.4 Å². The van der Waals surface area contributed by atoms with Gasteiger partial charge in [0, 0.05) is 23.3 Å². The Morgan fingerprint density at radius 1 is 1.10 bits per heavy atom. The summed E-state index contributed by atoms with van der Waals surface area (Å²) in [5.41, 5.74) is 9.32. The van der Waals surface area contributed by atoms with Crippen molar-refractivity contribution in [1.82, 2.24) is 4.98 Å². The highest BCUT2D eigenvalue weighted by atomic mass is 32.2. The summed E-state index contributed by atoms with van der Waals surface area (Å²) >= 11 is 1.38. The first kappa shape index (κ1) is 25.4. The van der Waals surface area contributed by atoms with Crippen LogP contribution in [0.5, 0.6) is 0 Å². The van der Waals surface area contributed by atoms with Gasteiger partial charge in [0.25, 0.3) is 0 Å². The van der Waals surface area contributed by atoms with E-state index >= 15 is 0 Å². The number of esters is 1. The fraction of sp³-hybridized carbons (Fsp3) is 0.520. The maximum atomic E-state index is 12.6. The van der Waals surface area contributed by atoms with Crippen LogP contribution in [-0.2, 0) is 13.7 Å². The van der Waals surface area contributed by atoms with Gasteiger partial charge in [-0.1, -0.05) is 63.1 Å². The average Bonchev–Trinajstić information content (AvgIpc) is 2.77. The molecule has 0 saturated heterocycles. The minimum Gasteiger partial charge on any atom is -0.463 e. The summed E-state index contributed by atoms with van der Waals surface area (Å²) in [6.45, 7) is 7.89. The summed E-state index contributed by atoms with van der Waals surface area (Å²) in [6.07, 6.45) is 2.51. The van der Waals surface area contributed by atoms with E-state index in [1.54, 1.807) is 0 Å². The van der Waals surface area contributed by atoms with Crippen molar-refractivity contribution in [3.8, 4) is 11.3 Å². The molecule has 2 rings (SSSR count). The molecule has 6 heteroatoms. The van der Waals surface area contributed by atoms with Crippen LogP contribution in [0.25, 0.3) is 11.3 Å². The zero-order valence-electron chi connectivity index (χ0n) is 19.1. The molecule has 2 N–H and O–H groups in total. The molecule has 0 fully saturated rings. The van der Waals surface area contributed by atoms with Crippen LogP contribution in [0.1, 0.15) is 65.2 Å². The zero-order valence-corrected chi connectivity index (χ0v) is 19.9. The Labute approximate surface area is 191 Å². The lowest BCUT2D eigenvalue weighted by Gasteiger charge is -2.30. The molecule has 31 heavy (non-hydrogen) atoms. The van der Waals surface area contributed by atoms with Gasteiger partial charge in [-0.3, -0.25) is 9.78 Å². The van der Waals surface area contributed by atoms with Gasteiger partial charge in [-0.05, 0) is 44.4 Å². The van der Waals surface area contributed by atoms with Crippen LogP contribution in [0.2, 0.25) is 0 Å². The SMILES string of the molecule is CCCCC(N)C(CC(=O)OC(C)C)C(OSCC)c1cccc(-c2ccccc2)n1. The number of carbonyl (C=O) groups is 1. The van der Waals surface area contributed by atoms with Crippen LogP contribution in [-0.4, -0.2) is 28.9 Å². The molecule has 0 spiro atoms. The normalized spacial score (nSPS) is 14.3. The molecule has 0 bridgehead atoms. The van der Waals surface area contributed by atoms with Gasteiger partial charge in [-0.15, -0.1) is 0 Å². The van der Waals surface area contributed by atoms with Crippen LogP contribution in [0.4, 0.5) is 0 Å². The van der Waals surface area contributed by atoms with Crippen LogP contribution < -0.4 is 5.73 Å². The predicted molar refractivity (Wildman–Crippen MR) is 128 cm³/mol. The smallest absolute Gasteiger partial charge is 0.306 e. The van der Waals surface area contributed by atoms with Gasteiger partial charge < -0.3 is 14.7 Å². The number of nitrogens with zero attached hydrogens (tertiary/aromatic N) is 1. The molecule has 2 aromatic rings. The number of unbranched alkanes of at least 4 members (excludes halogenated alkanes) is 1. The summed E-state index contributed by atoms with van der Waals surface area (Å²) in [4.78, 5) is 17.5. The maximum absolute atomic E-state index is 12.6. The second kappa shape index (κ2) is 13.5. The molecular formula is C25H36N2O3S. The fourth-order valence-electron chi connectivity index (χ4n) is 3.50. The fourth-order valence-corrected chi connectivity index (χ4v) is 4.03. The lowest BCUT2D eigenvalue weighted by atomic mass is 9.86. The second-order valence-electron chi connectivity index (χ2n) is 7.95. The van der Waals surface area contributed by atoms with Crippen molar-refractivity contribution in [2.45, 2.75) is 71.6 Å². The van der Waals surface area contributed by atoms with Crippen LogP contribution in [0.15, 0.2) is 48.5 Å². The molecule has 1 aromatic heterocycles. The molecule has 1 aromatic carbocycles. The lowest BCUT2D eigenvalue weighted by molar-refractivity contribution is -0.149. The van der Waals surface area contributed by atoms with E-state index in [1.165, 1.54) is 12.0 Å². The van der Waals surface area contributed by atoms with E-state index in [0.717, 1.165) is 42.0 Å². The Balaban J connectivity index is 2.38. The van der Waals surface area contributed by atoms with Crippen molar-refractivity contribution < 1.29 is 13.7 Å². The standard InChI is InChI=1S/C25H36N2O3S/c1-5-7-14-21(26)20(17-24(28)29-18(3)4)25(30-31-6-2)23-16-11-15-22(27-23)19-12-9-8-10-13-19/h8-13,15-16,18,20-21,25H,5-7,14,17,26H2,1-4H3. The summed E-state index contributed by atoms with van der Waals surface area (Å²) < 4.78 is 11.6. The summed E-state index contributed by atoms with van der Waals surface area (Å²) in [6, 6.07) is 15.8. The van der Waals surface area contributed by atoms with Crippen molar-refractivity contribution in [3.63, 3.8) is 0 Å². The molecule has 0 saturated carbocycles. The van der Waals surface area contributed by atoms with Crippen molar-refractivity contribution in [2.24, 2.45) is 11.7 Å². The van der Waals surface area contributed by atoms with E-state index < -0.39 is 6.10 Å². The number of carbonyl (C=O) groups excluding carboxylic acids is 1. The third-order valence-electron chi connectivity index (χ3n) is 5.02. The number of aromatic nitrogens is 1. The number of hydrogen-bond donors (Lipinski definition) is 1. The molecule has 0 radical (unpaired) electrons. The Morgan fingerprint density at radius 3 is 2.48 bits per heavy atom. The van der Waals surface area contributed by atoms with Crippen molar-refractivity contribution >= 4 is 18.0 Å². The molecule has 5 nitrogen and oxygen atoms in total. The summed E-state index contributed by atoms with van der Waals surface area (Å²) in [7, 11) is 0. The van der Waals surface area contributed by atoms with E-state index in [9.17, 15) is 4.79 Å². The summed E-state index contributed by atoms with van der Waals surface area (Å²) in [5, 5.41) is 0. The Kier molecular flexibility index (Phi) is 11.1. The van der Waals surface area contributed by atoms with Crippen LogP contribution in [0, 0.1) is 5.92 Å². The van der Waals surface area contributed by atoms with E-state index in [1.807, 2.05) is 69.3 Å². The van der Waals surface area contributed by atoms with E-state index in [2.05, 4.69) is 6.92 Å².